The van der Waals surface area contributed by atoms with E-state index in [1.165, 1.54) is 7.11 Å². The lowest BCUT2D eigenvalue weighted by Crippen LogP contribution is -2.41. The normalized spacial score (nSPS) is 31.2. The van der Waals surface area contributed by atoms with Crippen LogP contribution in [-0.4, -0.2) is 61.9 Å². The summed E-state index contributed by atoms with van der Waals surface area (Å²) in [7, 11) is -5.89. The van der Waals surface area contributed by atoms with Crippen molar-refractivity contribution < 1.29 is 34.3 Å². The predicted molar refractivity (Wildman–Crippen MR) is 73.5 cm³/mol. The number of hydrogen-bond acceptors (Lipinski definition) is 7. The highest BCUT2D eigenvalue weighted by Crippen LogP contribution is 2.34. The maximum Gasteiger partial charge on any atom is 0.264 e. The Kier molecular flexibility index (Phi) is 6.54. The van der Waals surface area contributed by atoms with Crippen LogP contribution in [0.3, 0.4) is 0 Å². The molecule has 10 heteroatoms. The molecule has 4 atom stereocenters. The minimum Gasteiger partial charge on any atom is -0.378 e. The van der Waals surface area contributed by atoms with Crippen LogP contribution in [-0.2, 0) is 33.3 Å². The number of methoxy groups -OCH3 is 1. The van der Waals surface area contributed by atoms with Crippen molar-refractivity contribution in [2.24, 2.45) is 11.8 Å². The van der Waals surface area contributed by atoms with Gasteiger partial charge in [-0.3, -0.25) is 8.37 Å². The summed E-state index contributed by atoms with van der Waals surface area (Å²) >= 11 is 0. The zero-order valence-corrected chi connectivity index (χ0v) is 13.8. The van der Waals surface area contributed by atoms with E-state index in [0.29, 0.717) is 0 Å². The van der Waals surface area contributed by atoms with Crippen LogP contribution in [0, 0.1) is 11.8 Å². The van der Waals surface area contributed by atoms with Crippen LogP contribution >= 0.6 is 0 Å². The van der Waals surface area contributed by atoms with Gasteiger partial charge in [0.15, 0.2) is 0 Å². The third kappa shape index (κ3) is 7.00. The van der Waals surface area contributed by atoms with Crippen LogP contribution in [0.2, 0.25) is 0 Å². The lowest BCUT2D eigenvalue weighted by Gasteiger charge is -2.36. The smallest absolute Gasteiger partial charge is 0.264 e. The number of halogens is 1. The summed E-state index contributed by atoms with van der Waals surface area (Å²) in [6, 6.07) is 0. The van der Waals surface area contributed by atoms with Gasteiger partial charge >= 0.3 is 0 Å². The Morgan fingerprint density at radius 2 is 1.38 bits per heavy atom. The van der Waals surface area contributed by atoms with Crippen molar-refractivity contribution in [3.05, 3.63) is 0 Å². The Labute approximate surface area is 125 Å². The highest BCUT2D eigenvalue weighted by molar-refractivity contribution is 7.86. The Hall–Kier alpha value is -0.290. The first-order chi connectivity index (χ1) is 9.52. The van der Waals surface area contributed by atoms with Crippen molar-refractivity contribution in [1.82, 2.24) is 0 Å². The van der Waals surface area contributed by atoms with Gasteiger partial charge in [0.25, 0.3) is 20.2 Å². The lowest BCUT2D eigenvalue weighted by molar-refractivity contribution is -0.0481. The first-order valence-corrected chi connectivity index (χ1v) is 10.0. The number of alkyl halides is 1. The highest BCUT2D eigenvalue weighted by atomic mass is 32.2. The van der Waals surface area contributed by atoms with Gasteiger partial charge in [-0.05, 0) is 24.7 Å². The minimum atomic E-state index is -3.64. The van der Waals surface area contributed by atoms with E-state index in [-0.39, 0.29) is 32.0 Å². The molecule has 1 saturated carbocycles. The van der Waals surface area contributed by atoms with Gasteiger partial charge in [0.05, 0.1) is 31.8 Å². The second-order valence-electron chi connectivity index (χ2n) is 5.26. The van der Waals surface area contributed by atoms with E-state index in [0.717, 1.165) is 12.5 Å². The molecule has 1 aliphatic carbocycles. The van der Waals surface area contributed by atoms with Gasteiger partial charge in [0.2, 0.25) is 0 Å². The Morgan fingerprint density at radius 3 is 1.76 bits per heavy atom. The summed E-state index contributed by atoms with van der Waals surface area (Å²) in [5.41, 5.74) is 0. The molecule has 126 valence electrons. The van der Waals surface area contributed by atoms with E-state index in [4.69, 9.17) is 13.1 Å². The highest BCUT2D eigenvalue weighted by Gasteiger charge is 2.38. The fraction of sp³-hybridized carbons (Fsp3) is 1.00. The SMILES string of the molecule is CO[C@H]1C[C@H](COS(C)(=O)=O)[C@@H](COS(C)(=O)=O)C[C@@H]1F. The van der Waals surface area contributed by atoms with Crippen LogP contribution in [0.4, 0.5) is 4.39 Å². The second kappa shape index (κ2) is 7.32. The van der Waals surface area contributed by atoms with Crippen LogP contribution < -0.4 is 0 Å². The molecule has 7 nitrogen and oxygen atoms in total. The van der Waals surface area contributed by atoms with Crippen molar-refractivity contribution >= 4 is 20.2 Å². The first kappa shape index (κ1) is 18.8. The van der Waals surface area contributed by atoms with Crippen molar-refractivity contribution in [1.29, 1.82) is 0 Å². The maximum atomic E-state index is 13.9. The molecule has 0 amide bonds. The molecule has 1 rings (SSSR count). The molecule has 0 aliphatic heterocycles. The maximum absolute atomic E-state index is 13.9. The summed E-state index contributed by atoms with van der Waals surface area (Å²) in [5, 5.41) is 0. The number of rotatable bonds is 7. The third-order valence-corrected chi connectivity index (χ3v) is 4.56. The van der Waals surface area contributed by atoms with Gasteiger partial charge in [0.1, 0.15) is 6.17 Å². The van der Waals surface area contributed by atoms with Crippen LogP contribution in [0.15, 0.2) is 0 Å². The third-order valence-electron chi connectivity index (χ3n) is 3.43. The van der Waals surface area contributed by atoms with Crippen LogP contribution in [0.25, 0.3) is 0 Å². The van der Waals surface area contributed by atoms with E-state index in [2.05, 4.69) is 0 Å². The molecule has 0 aromatic heterocycles. The van der Waals surface area contributed by atoms with Gasteiger partial charge in [-0.15, -0.1) is 0 Å². The van der Waals surface area contributed by atoms with E-state index in [1.807, 2.05) is 0 Å². The molecule has 1 aliphatic rings. The average Bonchev–Trinajstić information content (AvgIpc) is 2.33. The zero-order chi connectivity index (χ0) is 16.3. The standard InChI is InChI=1S/C11H21FO7S2/c1-17-11-5-9(7-19-21(3,15)16)8(4-10(11)12)6-18-20(2,13)14/h8-11H,4-7H2,1-3H3/t8-,9-,10+,11+/m1/s1. The Morgan fingerprint density at radius 1 is 0.952 bits per heavy atom. The molecular weight excluding hydrogens is 327 g/mol. The Balaban J connectivity index is 2.74. The van der Waals surface area contributed by atoms with E-state index in [9.17, 15) is 21.2 Å². The molecular formula is C11H21FO7S2. The molecule has 0 heterocycles. The van der Waals surface area contributed by atoms with Crippen molar-refractivity contribution in [3.8, 4) is 0 Å². The average molecular weight is 348 g/mol. The molecule has 0 saturated heterocycles. The predicted octanol–water partition coefficient (Wildman–Crippen LogP) is 0.318. The molecule has 0 aromatic carbocycles. The van der Waals surface area contributed by atoms with Gasteiger partial charge in [-0.1, -0.05) is 0 Å². The largest absolute Gasteiger partial charge is 0.378 e. The van der Waals surface area contributed by atoms with E-state index < -0.39 is 38.4 Å². The molecule has 0 radical (unpaired) electrons. The molecule has 1 fully saturated rings. The lowest BCUT2D eigenvalue weighted by atomic mass is 9.78. The quantitative estimate of drug-likeness (QED) is 0.611. The zero-order valence-electron chi connectivity index (χ0n) is 12.2. The summed E-state index contributed by atoms with van der Waals surface area (Å²) in [5.74, 6) is -0.818. The summed E-state index contributed by atoms with van der Waals surface area (Å²) in [6.07, 6.45) is 0.189. The monoisotopic (exact) mass is 348 g/mol. The second-order valence-corrected chi connectivity index (χ2v) is 8.55. The van der Waals surface area contributed by atoms with Crippen LogP contribution in [0.1, 0.15) is 12.8 Å². The topological polar surface area (TPSA) is 96.0 Å². The van der Waals surface area contributed by atoms with E-state index in [1.54, 1.807) is 0 Å². The summed E-state index contributed by atoms with van der Waals surface area (Å²) in [4.78, 5) is 0. The van der Waals surface area contributed by atoms with Gasteiger partial charge in [-0.2, -0.15) is 16.8 Å². The Bertz CT molecular complexity index is 531. The molecule has 0 unspecified atom stereocenters. The molecule has 0 N–H and O–H groups in total. The van der Waals surface area contributed by atoms with Gasteiger partial charge < -0.3 is 4.74 Å². The summed E-state index contributed by atoms with van der Waals surface area (Å²) < 4.78 is 72.5. The first-order valence-electron chi connectivity index (χ1n) is 6.37. The number of ether oxygens (including phenoxy) is 1. The molecule has 0 aromatic rings. The fourth-order valence-electron chi connectivity index (χ4n) is 2.35. The summed E-state index contributed by atoms with van der Waals surface area (Å²) in [6.45, 7) is -0.351. The fourth-order valence-corrected chi connectivity index (χ4v) is 3.19. The van der Waals surface area contributed by atoms with Crippen molar-refractivity contribution in [2.45, 2.75) is 25.1 Å². The number of hydrogen-bond donors (Lipinski definition) is 0. The molecule has 0 spiro atoms. The van der Waals surface area contributed by atoms with Crippen molar-refractivity contribution in [3.63, 3.8) is 0 Å². The van der Waals surface area contributed by atoms with Gasteiger partial charge in [0, 0.05) is 7.11 Å². The molecule has 0 bridgehead atoms. The van der Waals surface area contributed by atoms with Crippen LogP contribution in [0.5, 0.6) is 0 Å². The van der Waals surface area contributed by atoms with Crippen molar-refractivity contribution in [2.75, 3.05) is 32.8 Å². The van der Waals surface area contributed by atoms with E-state index >= 15 is 0 Å². The molecule has 21 heavy (non-hydrogen) atoms. The van der Waals surface area contributed by atoms with Gasteiger partial charge in [-0.25, -0.2) is 4.39 Å². The minimum absolute atomic E-state index is 0.0335.